The second-order valence-corrected chi connectivity index (χ2v) is 8.90. The van der Waals surface area contributed by atoms with Gasteiger partial charge in [-0.15, -0.1) is 11.8 Å². The third-order valence-electron chi connectivity index (χ3n) is 5.13. The molecule has 0 radical (unpaired) electrons. The number of carbonyl (C=O) groups excluding carboxylic acids is 1. The number of carbonyl (C=O) groups is 2. The second kappa shape index (κ2) is 8.00. The molecule has 1 aliphatic carbocycles. The van der Waals surface area contributed by atoms with Gasteiger partial charge in [0.25, 0.3) is 5.91 Å². The Bertz CT molecular complexity index is 752. The van der Waals surface area contributed by atoms with Crippen molar-refractivity contribution < 1.29 is 37.0 Å². The molecule has 29 heavy (non-hydrogen) atoms. The third-order valence-corrected chi connectivity index (χ3v) is 6.71. The molecule has 1 saturated carbocycles. The molecule has 3 fully saturated rings. The Morgan fingerprint density at radius 1 is 1.31 bits per heavy atom. The van der Waals surface area contributed by atoms with Gasteiger partial charge < -0.3 is 14.7 Å². The number of pyridine rings is 1. The summed E-state index contributed by atoms with van der Waals surface area (Å²) in [5, 5.41) is 7.12. The number of thioether (sulfide) groups is 1. The molecule has 3 heterocycles. The van der Waals surface area contributed by atoms with Gasteiger partial charge in [0, 0.05) is 31.5 Å². The van der Waals surface area contributed by atoms with Gasteiger partial charge in [-0.05, 0) is 31.4 Å². The van der Waals surface area contributed by atoms with Crippen LogP contribution in [0.2, 0.25) is 0 Å². The minimum Gasteiger partial charge on any atom is -0.488 e. The molecule has 1 aromatic rings. The number of carboxylic acids is 1. The minimum absolute atomic E-state index is 0.0721. The summed E-state index contributed by atoms with van der Waals surface area (Å²) in [5.74, 6) is -1.35. The van der Waals surface area contributed by atoms with Crippen LogP contribution in [0.4, 0.5) is 17.6 Å². The molecule has 1 N–H and O–H groups in total. The van der Waals surface area contributed by atoms with Crippen molar-refractivity contribution in [1.82, 2.24) is 9.88 Å². The van der Waals surface area contributed by atoms with E-state index in [1.165, 1.54) is 0 Å². The highest BCUT2D eigenvalue weighted by molar-refractivity contribution is 8.01. The average Bonchev–Trinajstić information content (AvgIpc) is 3.02. The molecule has 1 atom stereocenters. The fraction of sp³-hybridized carbons (Fsp3) is 0.611. The predicted molar refractivity (Wildman–Crippen MR) is 96.4 cm³/mol. The minimum atomic E-state index is -5.08. The molecule has 0 aromatic carbocycles. The average molecular weight is 436 g/mol. The van der Waals surface area contributed by atoms with Gasteiger partial charge in [-0.2, -0.15) is 13.2 Å². The van der Waals surface area contributed by atoms with Gasteiger partial charge in [-0.1, -0.05) is 0 Å². The molecule has 2 aliphatic heterocycles. The zero-order valence-electron chi connectivity index (χ0n) is 15.3. The van der Waals surface area contributed by atoms with Crippen molar-refractivity contribution in [1.29, 1.82) is 0 Å². The number of aliphatic carboxylic acids is 1. The van der Waals surface area contributed by atoms with Gasteiger partial charge in [0.1, 0.15) is 11.9 Å². The van der Waals surface area contributed by atoms with E-state index in [0.717, 1.165) is 24.3 Å². The van der Waals surface area contributed by atoms with Crippen molar-refractivity contribution in [3.8, 4) is 5.75 Å². The number of likely N-dealkylation sites (tertiary alicyclic amines) is 1. The summed E-state index contributed by atoms with van der Waals surface area (Å²) >= 11 is 1.85. The fourth-order valence-corrected chi connectivity index (χ4v) is 5.01. The smallest absolute Gasteiger partial charge is 0.488 e. The van der Waals surface area contributed by atoms with Crippen molar-refractivity contribution >= 4 is 23.6 Å². The van der Waals surface area contributed by atoms with Crippen LogP contribution in [0.5, 0.6) is 5.75 Å². The van der Waals surface area contributed by atoms with Crippen LogP contribution < -0.4 is 4.74 Å². The Morgan fingerprint density at radius 2 is 1.97 bits per heavy atom. The van der Waals surface area contributed by atoms with Crippen LogP contribution in [-0.2, 0) is 9.59 Å². The number of alkyl halides is 4. The van der Waals surface area contributed by atoms with Crippen molar-refractivity contribution in [2.75, 3.05) is 18.8 Å². The van der Waals surface area contributed by atoms with Gasteiger partial charge in [0.2, 0.25) is 0 Å². The van der Waals surface area contributed by atoms with Gasteiger partial charge in [0.15, 0.2) is 5.67 Å². The van der Waals surface area contributed by atoms with Gasteiger partial charge in [-0.25, -0.2) is 9.18 Å². The maximum Gasteiger partial charge on any atom is 0.490 e. The predicted octanol–water partition coefficient (Wildman–Crippen LogP) is 3.07. The van der Waals surface area contributed by atoms with E-state index in [1.54, 1.807) is 17.3 Å². The number of hydrogen-bond acceptors (Lipinski definition) is 5. The SMILES string of the molecule is O=C(N1CC2(CC(Oc3cccnc3)CS2)C1)C1(F)CCC1.O=C(O)C(F)(F)F. The Morgan fingerprint density at radius 3 is 2.45 bits per heavy atom. The summed E-state index contributed by atoms with van der Waals surface area (Å²) in [5.41, 5.74) is -1.56. The quantitative estimate of drug-likeness (QED) is 0.734. The fourth-order valence-electron chi connectivity index (χ4n) is 3.49. The lowest BCUT2D eigenvalue weighted by molar-refractivity contribution is -0.192. The number of rotatable bonds is 3. The van der Waals surface area contributed by atoms with Crippen molar-refractivity contribution in [2.24, 2.45) is 0 Å². The highest BCUT2D eigenvalue weighted by atomic mass is 32.2. The molecular weight excluding hydrogens is 416 g/mol. The molecule has 4 rings (SSSR count). The molecule has 0 bridgehead atoms. The summed E-state index contributed by atoms with van der Waals surface area (Å²) in [4.78, 5) is 26.8. The van der Waals surface area contributed by atoms with Crippen LogP contribution in [0.25, 0.3) is 0 Å². The lowest BCUT2D eigenvalue weighted by atomic mass is 9.79. The van der Waals surface area contributed by atoms with Gasteiger partial charge in [0.05, 0.1) is 10.9 Å². The first-order chi connectivity index (χ1) is 13.5. The molecule has 2 saturated heterocycles. The van der Waals surface area contributed by atoms with Crippen molar-refractivity contribution in [3.05, 3.63) is 24.5 Å². The highest BCUT2D eigenvalue weighted by Crippen LogP contribution is 2.48. The van der Waals surface area contributed by atoms with E-state index in [9.17, 15) is 22.4 Å². The molecule has 1 amide bonds. The molecular formula is C18H20F4N2O4S. The summed E-state index contributed by atoms with van der Waals surface area (Å²) in [7, 11) is 0. The van der Waals surface area contributed by atoms with Crippen LogP contribution in [0, 0.1) is 0 Å². The Kier molecular flexibility index (Phi) is 5.98. The second-order valence-electron chi connectivity index (χ2n) is 7.41. The lowest BCUT2D eigenvalue weighted by Crippen LogP contribution is -2.65. The molecule has 1 aromatic heterocycles. The molecule has 3 aliphatic rings. The number of amides is 1. The van der Waals surface area contributed by atoms with E-state index < -0.39 is 17.8 Å². The van der Waals surface area contributed by atoms with Crippen molar-refractivity contribution in [3.63, 3.8) is 0 Å². The van der Waals surface area contributed by atoms with Crippen LogP contribution in [-0.4, -0.2) is 68.4 Å². The number of aromatic nitrogens is 1. The zero-order valence-corrected chi connectivity index (χ0v) is 16.1. The first-order valence-electron chi connectivity index (χ1n) is 9.02. The monoisotopic (exact) mass is 436 g/mol. The Labute approximate surface area is 168 Å². The first-order valence-corrected chi connectivity index (χ1v) is 10.0. The van der Waals surface area contributed by atoms with Crippen LogP contribution in [0.3, 0.4) is 0 Å². The Hall–Kier alpha value is -2.04. The van der Waals surface area contributed by atoms with E-state index >= 15 is 0 Å². The normalized spacial score (nSPS) is 24.0. The summed E-state index contributed by atoms with van der Waals surface area (Å²) in [6.07, 6.45) is 1.04. The number of halogens is 4. The van der Waals surface area contributed by atoms with Crippen LogP contribution in [0.15, 0.2) is 24.5 Å². The number of hydrogen-bond donors (Lipinski definition) is 1. The maximum atomic E-state index is 14.2. The number of nitrogens with zero attached hydrogens (tertiary/aromatic N) is 2. The number of ether oxygens (including phenoxy) is 1. The molecule has 11 heteroatoms. The van der Waals surface area contributed by atoms with Crippen LogP contribution >= 0.6 is 11.8 Å². The van der Waals surface area contributed by atoms with Gasteiger partial charge >= 0.3 is 12.1 Å². The van der Waals surface area contributed by atoms with E-state index in [4.69, 9.17) is 14.6 Å². The molecule has 1 spiro atoms. The molecule has 1 unspecified atom stereocenters. The summed E-state index contributed by atoms with van der Waals surface area (Å²) in [6.45, 7) is 1.32. The van der Waals surface area contributed by atoms with Crippen molar-refractivity contribution in [2.45, 2.75) is 48.4 Å². The first kappa shape index (κ1) is 21.7. The molecule has 6 nitrogen and oxygen atoms in total. The Balaban J connectivity index is 0.000000298. The summed E-state index contributed by atoms with van der Waals surface area (Å²) < 4.78 is 51.9. The zero-order chi connectivity index (χ0) is 21.3. The maximum absolute atomic E-state index is 14.2. The standard InChI is InChI=1S/C16H19FN2O2S.C2HF3O2/c17-16(4-2-5-16)14(20)19-10-15(11-19)7-13(9-22-15)21-12-3-1-6-18-8-12;3-2(4,5)1(6)7/h1,3,6,8,13H,2,4-5,7,9-11H2;(H,6,7). The summed E-state index contributed by atoms with van der Waals surface area (Å²) in [6, 6.07) is 3.76. The van der Waals surface area contributed by atoms with E-state index in [2.05, 4.69) is 4.98 Å². The largest absolute Gasteiger partial charge is 0.490 e. The van der Waals surface area contributed by atoms with E-state index in [0.29, 0.717) is 25.9 Å². The topological polar surface area (TPSA) is 79.7 Å². The molecule has 160 valence electrons. The van der Waals surface area contributed by atoms with E-state index in [1.807, 2.05) is 23.9 Å². The third kappa shape index (κ3) is 4.93. The number of carboxylic acid groups (broad SMARTS) is 1. The van der Waals surface area contributed by atoms with Crippen LogP contribution in [0.1, 0.15) is 25.7 Å². The highest BCUT2D eigenvalue weighted by Gasteiger charge is 2.56. The lowest BCUT2D eigenvalue weighted by Gasteiger charge is -2.50. The van der Waals surface area contributed by atoms with Gasteiger partial charge in [-0.3, -0.25) is 9.78 Å². The van der Waals surface area contributed by atoms with E-state index in [-0.39, 0.29) is 16.8 Å².